The van der Waals surface area contributed by atoms with Crippen LogP contribution in [0.25, 0.3) is 11.8 Å². The first kappa shape index (κ1) is 31.7. The molecule has 1 aliphatic heterocycles. The summed E-state index contributed by atoms with van der Waals surface area (Å²) < 4.78 is 13.5. The number of benzene rings is 4. The van der Waals surface area contributed by atoms with Crippen LogP contribution in [-0.2, 0) is 16.1 Å². The average Bonchev–Trinajstić information content (AvgIpc) is 3.41. The third-order valence-electron chi connectivity index (χ3n) is 7.51. The minimum Gasteiger partial charge on any atom is -0.489 e. The Labute approximate surface area is 278 Å². The highest BCUT2D eigenvalue weighted by Gasteiger charge is 2.35. The second-order valence-corrected chi connectivity index (χ2v) is 12.4. The maximum absolute atomic E-state index is 14.2. The van der Waals surface area contributed by atoms with E-state index >= 15 is 0 Å². The predicted octanol–water partition coefficient (Wildman–Crippen LogP) is 6.14. The zero-order valence-corrected chi connectivity index (χ0v) is 27.1. The van der Waals surface area contributed by atoms with Crippen LogP contribution in [0, 0.1) is 10.1 Å². The van der Waals surface area contributed by atoms with Gasteiger partial charge in [0.15, 0.2) is 4.80 Å². The molecule has 1 aromatic heterocycles. The van der Waals surface area contributed by atoms with Gasteiger partial charge in [-0.2, -0.15) is 0 Å². The summed E-state index contributed by atoms with van der Waals surface area (Å²) in [5, 5.41) is 11.0. The number of fused-ring (bicyclic) bond motifs is 1. The van der Waals surface area contributed by atoms with E-state index in [0.717, 1.165) is 27.1 Å². The van der Waals surface area contributed by atoms with Crippen LogP contribution in [0.4, 0.5) is 5.69 Å². The first-order chi connectivity index (χ1) is 22.9. The first-order valence-electron chi connectivity index (χ1n) is 14.7. The van der Waals surface area contributed by atoms with Gasteiger partial charge in [0.2, 0.25) is 0 Å². The summed E-state index contributed by atoms with van der Waals surface area (Å²) in [5.41, 5.74) is 3.55. The number of hydrogen-bond acceptors (Lipinski definition) is 9. The van der Waals surface area contributed by atoms with Gasteiger partial charge in [-0.05, 0) is 72.3 Å². The van der Waals surface area contributed by atoms with Crippen molar-refractivity contribution in [3.63, 3.8) is 0 Å². The molecule has 0 N–H and O–H groups in total. The molecule has 2 heterocycles. The summed E-state index contributed by atoms with van der Waals surface area (Å²) in [6.07, 6.45) is 3.78. The molecule has 0 saturated heterocycles. The summed E-state index contributed by atoms with van der Waals surface area (Å²) in [6, 6.07) is 30.0. The van der Waals surface area contributed by atoms with Crippen LogP contribution in [0.5, 0.6) is 5.75 Å². The SMILES string of the molecule is CCOC(=O)C1=C(c2ccccc2)N=c2s/c(=C\c3cccc(OCc4ccc([N+](=O)[O-])cc4)c3)c(=O)n2[C@@H]1c1ccc(SC)cc1. The average molecular weight is 664 g/mol. The van der Waals surface area contributed by atoms with Crippen molar-refractivity contribution in [3.05, 3.63) is 161 Å². The number of rotatable bonds is 10. The van der Waals surface area contributed by atoms with Crippen molar-refractivity contribution in [2.24, 2.45) is 4.99 Å². The van der Waals surface area contributed by atoms with Crippen molar-refractivity contribution < 1.29 is 19.2 Å². The lowest BCUT2D eigenvalue weighted by molar-refractivity contribution is -0.384. The number of non-ortho nitro benzene ring substituents is 1. The van der Waals surface area contributed by atoms with E-state index in [2.05, 4.69) is 0 Å². The number of thiazole rings is 1. The fourth-order valence-electron chi connectivity index (χ4n) is 5.27. The topological polar surface area (TPSA) is 113 Å². The monoisotopic (exact) mass is 663 g/mol. The van der Waals surface area contributed by atoms with Crippen molar-refractivity contribution in [1.82, 2.24) is 4.57 Å². The van der Waals surface area contributed by atoms with Crippen LogP contribution < -0.4 is 19.6 Å². The second-order valence-electron chi connectivity index (χ2n) is 10.5. The van der Waals surface area contributed by atoms with Gasteiger partial charge < -0.3 is 9.47 Å². The zero-order valence-electron chi connectivity index (χ0n) is 25.5. The highest BCUT2D eigenvalue weighted by Crippen LogP contribution is 2.35. The smallest absolute Gasteiger partial charge is 0.338 e. The number of carbonyl (C=O) groups is 1. The standard InChI is InChI=1S/C36H29N3O6S2/c1-3-44-35(41)31-32(25-9-5-4-6-10-25)37-36-38(33(31)26-14-18-29(46-2)19-15-26)34(40)30(47-36)21-24-8-7-11-28(20-24)45-22-23-12-16-27(17-13-23)39(42)43/h4-21,33H,3,22H2,1-2H3/b30-21-/t33-/m1/s1. The fourth-order valence-corrected chi connectivity index (χ4v) is 6.68. The van der Waals surface area contributed by atoms with Crippen molar-refractivity contribution in [1.29, 1.82) is 0 Å². The first-order valence-corrected chi connectivity index (χ1v) is 16.8. The van der Waals surface area contributed by atoms with Crippen molar-refractivity contribution >= 4 is 46.5 Å². The van der Waals surface area contributed by atoms with E-state index in [-0.39, 0.29) is 24.5 Å². The maximum Gasteiger partial charge on any atom is 0.338 e. The molecule has 0 fully saturated rings. The van der Waals surface area contributed by atoms with E-state index in [1.54, 1.807) is 47.5 Å². The molecule has 47 heavy (non-hydrogen) atoms. The number of ether oxygens (including phenoxy) is 2. The molecule has 6 rings (SSSR count). The molecule has 0 spiro atoms. The summed E-state index contributed by atoms with van der Waals surface area (Å²) >= 11 is 2.86. The van der Waals surface area contributed by atoms with Gasteiger partial charge in [0.1, 0.15) is 12.4 Å². The number of aromatic nitrogens is 1. The third-order valence-corrected chi connectivity index (χ3v) is 9.24. The molecule has 0 unspecified atom stereocenters. The van der Waals surface area contributed by atoms with Crippen molar-refractivity contribution in [2.45, 2.75) is 24.5 Å². The molecule has 5 aromatic rings. The molecule has 1 aliphatic rings. The Kier molecular flexibility index (Phi) is 9.46. The number of esters is 1. The molecular weight excluding hydrogens is 635 g/mol. The molecule has 0 radical (unpaired) electrons. The minimum atomic E-state index is -0.755. The Morgan fingerprint density at radius 1 is 1.02 bits per heavy atom. The van der Waals surface area contributed by atoms with Crippen LogP contribution in [0.3, 0.4) is 0 Å². The molecule has 11 heteroatoms. The van der Waals surface area contributed by atoms with Crippen molar-refractivity contribution in [2.75, 3.05) is 12.9 Å². The third kappa shape index (κ3) is 6.81. The Morgan fingerprint density at radius 2 is 1.77 bits per heavy atom. The number of nitro groups is 1. The lowest BCUT2D eigenvalue weighted by Gasteiger charge is -2.26. The summed E-state index contributed by atoms with van der Waals surface area (Å²) in [7, 11) is 0. The van der Waals surface area contributed by atoms with Crippen LogP contribution in [0.1, 0.15) is 35.2 Å². The molecular formula is C36H29N3O6S2. The molecule has 9 nitrogen and oxygen atoms in total. The lowest BCUT2D eigenvalue weighted by atomic mass is 9.93. The van der Waals surface area contributed by atoms with Gasteiger partial charge in [-0.3, -0.25) is 19.5 Å². The summed E-state index contributed by atoms with van der Waals surface area (Å²) in [4.78, 5) is 44.8. The normalized spacial score (nSPS) is 14.3. The highest BCUT2D eigenvalue weighted by atomic mass is 32.2. The van der Waals surface area contributed by atoms with E-state index in [9.17, 15) is 19.7 Å². The number of thioether (sulfide) groups is 1. The number of nitrogens with zero attached hydrogens (tertiary/aromatic N) is 3. The van der Waals surface area contributed by atoms with E-state index in [0.29, 0.717) is 26.4 Å². The van der Waals surface area contributed by atoms with Crippen LogP contribution in [0.15, 0.2) is 123 Å². The lowest BCUT2D eigenvalue weighted by Crippen LogP contribution is -2.40. The van der Waals surface area contributed by atoms with Crippen LogP contribution in [0.2, 0.25) is 0 Å². The quantitative estimate of drug-likeness (QED) is 0.0763. The molecule has 0 amide bonds. The Morgan fingerprint density at radius 3 is 2.45 bits per heavy atom. The zero-order chi connectivity index (χ0) is 32.9. The van der Waals surface area contributed by atoms with Gasteiger partial charge in [-0.15, -0.1) is 11.8 Å². The Hall–Kier alpha value is -5.26. The number of carbonyl (C=O) groups excluding carboxylic acids is 1. The van der Waals surface area contributed by atoms with E-state index in [1.807, 2.05) is 79.1 Å². The number of hydrogen-bond donors (Lipinski definition) is 0. The van der Waals surface area contributed by atoms with Crippen LogP contribution in [-0.4, -0.2) is 28.3 Å². The predicted molar refractivity (Wildman–Crippen MR) is 183 cm³/mol. The molecule has 1 atom stereocenters. The molecule has 0 saturated carbocycles. The van der Waals surface area contributed by atoms with E-state index < -0.39 is 16.9 Å². The van der Waals surface area contributed by atoms with Gasteiger partial charge in [-0.25, -0.2) is 9.79 Å². The largest absolute Gasteiger partial charge is 0.489 e. The molecule has 4 aromatic carbocycles. The van der Waals surface area contributed by atoms with Crippen LogP contribution >= 0.6 is 23.1 Å². The number of nitro benzene ring substituents is 1. The Bertz CT molecular complexity index is 2160. The fraction of sp³-hybridized carbons (Fsp3) is 0.139. The van der Waals surface area contributed by atoms with Gasteiger partial charge in [0, 0.05) is 22.6 Å². The minimum absolute atomic E-state index is 0.0155. The van der Waals surface area contributed by atoms with Crippen molar-refractivity contribution in [3.8, 4) is 5.75 Å². The maximum atomic E-state index is 14.2. The molecule has 0 bridgehead atoms. The summed E-state index contributed by atoms with van der Waals surface area (Å²) in [5.74, 6) is 0.0498. The van der Waals surface area contributed by atoms with E-state index in [4.69, 9.17) is 14.5 Å². The summed E-state index contributed by atoms with van der Waals surface area (Å²) in [6.45, 7) is 2.15. The van der Waals surface area contributed by atoms with E-state index in [1.165, 1.54) is 23.5 Å². The van der Waals surface area contributed by atoms with Gasteiger partial charge in [-0.1, -0.05) is 65.9 Å². The van der Waals surface area contributed by atoms with Gasteiger partial charge in [0.05, 0.1) is 33.4 Å². The van der Waals surface area contributed by atoms with Gasteiger partial charge in [0.25, 0.3) is 11.2 Å². The molecule has 0 aliphatic carbocycles. The molecule has 236 valence electrons. The Balaban J connectivity index is 1.43. The second kappa shape index (κ2) is 14.0. The van der Waals surface area contributed by atoms with Gasteiger partial charge >= 0.3 is 5.97 Å². The highest BCUT2D eigenvalue weighted by molar-refractivity contribution is 7.98.